The van der Waals surface area contributed by atoms with Crippen molar-refractivity contribution in [3.8, 4) is 0 Å². The highest BCUT2D eigenvalue weighted by molar-refractivity contribution is 5.73. The summed E-state index contributed by atoms with van der Waals surface area (Å²) in [4.78, 5) is 10.9. The molecule has 1 saturated heterocycles. The van der Waals surface area contributed by atoms with E-state index in [1.807, 2.05) is 6.92 Å². The second-order valence-electron chi connectivity index (χ2n) is 5.16. The molecule has 1 fully saturated rings. The van der Waals surface area contributed by atoms with Gasteiger partial charge in [0.25, 0.3) is 0 Å². The molecule has 0 spiro atoms. The molecule has 5 nitrogen and oxygen atoms in total. The molecule has 1 rings (SSSR count). The fourth-order valence-corrected chi connectivity index (χ4v) is 1.67. The van der Waals surface area contributed by atoms with Crippen LogP contribution in [0.5, 0.6) is 0 Å². The van der Waals surface area contributed by atoms with Crippen LogP contribution in [0, 0.1) is 5.41 Å². The van der Waals surface area contributed by atoms with Crippen molar-refractivity contribution in [2.75, 3.05) is 19.7 Å². The van der Waals surface area contributed by atoms with Crippen LogP contribution in [0.4, 0.5) is 0 Å². The van der Waals surface area contributed by atoms with Crippen LogP contribution in [-0.2, 0) is 9.53 Å². The van der Waals surface area contributed by atoms with Gasteiger partial charge in [0.05, 0.1) is 11.5 Å². The van der Waals surface area contributed by atoms with Gasteiger partial charge in [0.2, 0.25) is 0 Å². The molecule has 0 amide bonds. The van der Waals surface area contributed by atoms with Crippen molar-refractivity contribution < 1.29 is 19.7 Å². The number of hydrogen-bond acceptors (Lipinski definition) is 4. The summed E-state index contributed by atoms with van der Waals surface area (Å²) in [5.41, 5.74) is -1.69. The number of carboxylic acid groups (broad SMARTS) is 1. The van der Waals surface area contributed by atoms with Crippen LogP contribution >= 0.6 is 0 Å². The van der Waals surface area contributed by atoms with E-state index in [4.69, 9.17) is 9.84 Å². The van der Waals surface area contributed by atoms with Gasteiger partial charge < -0.3 is 20.3 Å². The highest BCUT2D eigenvalue weighted by atomic mass is 16.5. The van der Waals surface area contributed by atoms with Gasteiger partial charge >= 0.3 is 5.97 Å². The van der Waals surface area contributed by atoms with Crippen LogP contribution < -0.4 is 5.32 Å². The monoisotopic (exact) mass is 231 g/mol. The smallest absolute Gasteiger partial charge is 0.310 e. The lowest BCUT2D eigenvalue weighted by molar-refractivity contribution is -0.146. The third kappa shape index (κ3) is 2.93. The summed E-state index contributed by atoms with van der Waals surface area (Å²) in [7, 11) is 0. The van der Waals surface area contributed by atoms with Crippen molar-refractivity contribution in [1.29, 1.82) is 0 Å². The van der Waals surface area contributed by atoms with Gasteiger partial charge in [-0.3, -0.25) is 4.79 Å². The number of aliphatic carboxylic acids is 1. The molecule has 16 heavy (non-hydrogen) atoms. The summed E-state index contributed by atoms with van der Waals surface area (Å²) in [6.45, 7) is 6.39. The van der Waals surface area contributed by atoms with E-state index in [0.29, 0.717) is 26.1 Å². The first-order chi connectivity index (χ1) is 7.28. The Morgan fingerprint density at radius 2 is 2.25 bits per heavy atom. The molecule has 1 heterocycles. The van der Waals surface area contributed by atoms with E-state index in [2.05, 4.69) is 5.32 Å². The van der Waals surface area contributed by atoms with Crippen molar-refractivity contribution in [3.63, 3.8) is 0 Å². The molecule has 0 aliphatic carbocycles. The van der Waals surface area contributed by atoms with Gasteiger partial charge in [-0.25, -0.2) is 0 Å². The highest BCUT2D eigenvalue weighted by Crippen LogP contribution is 2.25. The summed E-state index contributed by atoms with van der Waals surface area (Å²) >= 11 is 0. The van der Waals surface area contributed by atoms with Gasteiger partial charge in [-0.1, -0.05) is 0 Å². The molecule has 0 aromatic rings. The molecule has 5 heteroatoms. The Kier molecular flexibility index (Phi) is 3.93. The zero-order valence-corrected chi connectivity index (χ0v) is 10.1. The predicted octanol–water partition coefficient (Wildman–Crippen LogP) is 0.227. The maximum atomic E-state index is 10.9. The summed E-state index contributed by atoms with van der Waals surface area (Å²) < 4.78 is 5.29. The van der Waals surface area contributed by atoms with Gasteiger partial charge in [-0.05, 0) is 20.8 Å². The van der Waals surface area contributed by atoms with Crippen molar-refractivity contribution in [2.45, 2.75) is 38.9 Å². The second-order valence-corrected chi connectivity index (χ2v) is 5.16. The largest absolute Gasteiger partial charge is 0.481 e. The molecule has 0 radical (unpaired) electrons. The van der Waals surface area contributed by atoms with Gasteiger partial charge in [-0.15, -0.1) is 0 Å². The minimum absolute atomic E-state index is 0.201. The van der Waals surface area contributed by atoms with Crippen LogP contribution in [-0.4, -0.2) is 47.6 Å². The van der Waals surface area contributed by atoms with E-state index >= 15 is 0 Å². The average Bonchev–Trinajstić information content (AvgIpc) is 2.46. The molecule has 0 saturated carbocycles. The quantitative estimate of drug-likeness (QED) is 0.631. The molecule has 0 aromatic heterocycles. The molecule has 0 bridgehead atoms. The standard InChI is InChI=1S/C11H21NO4/c1-8-11(15,4-5-16-8)7-12-6-10(2,3)9(13)14/h8,12,15H,4-7H2,1-3H3,(H,13,14). The van der Waals surface area contributed by atoms with E-state index in [1.165, 1.54) is 0 Å². The number of carbonyl (C=O) groups is 1. The van der Waals surface area contributed by atoms with Gasteiger partial charge in [0.15, 0.2) is 0 Å². The van der Waals surface area contributed by atoms with E-state index in [9.17, 15) is 9.90 Å². The Balaban J connectivity index is 2.38. The number of nitrogens with one attached hydrogen (secondary N) is 1. The van der Waals surface area contributed by atoms with Crippen LogP contribution in [0.2, 0.25) is 0 Å². The molecule has 94 valence electrons. The first-order valence-electron chi connectivity index (χ1n) is 5.56. The molecule has 3 N–H and O–H groups in total. The average molecular weight is 231 g/mol. The number of ether oxygens (including phenoxy) is 1. The molecule has 2 unspecified atom stereocenters. The zero-order chi connectivity index (χ0) is 12.4. The molecule has 1 aliphatic rings. The molecule has 0 aromatic carbocycles. The summed E-state index contributed by atoms with van der Waals surface area (Å²) in [5.74, 6) is -0.845. The van der Waals surface area contributed by atoms with E-state index in [0.717, 1.165) is 0 Å². The number of aliphatic hydroxyl groups is 1. The second kappa shape index (κ2) is 4.69. The van der Waals surface area contributed by atoms with Crippen LogP contribution in [0.3, 0.4) is 0 Å². The Labute approximate surface area is 95.8 Å². The lowest BCUT2D eigenvalue weighted by atomic mass is 9.92. The summed E-state index contributed by atoms with van der Waals surface area (Å²) in [6.07, 6.45) is 0.391. The number of hydrogen-bond donors (Lipinski definition) is 3. The lowest BCUT2D eigenvalue weighted by Crippen LogP contribution is -2.48. The first-order valence-corrected chi connectivity index (χ1v) is 5.56. The fraction of sp³-hybridized carbons (Fsp3) is 0.909. The molecule has 2 atom stereocenters. The van der Waals surface area contributed by atoms with Gasteiger partial charge in [-0.2, -0.15) is 0 Å². The fourth-order valence-electron chi connectivity index (χ4n) is 1.67. The molecular formula is C11H21NO4. The normalized spacial score (nSPS) is 30.6. The van der Waals surface area contributed by atoms with Crippen molar-refractivity contribution in [3.05, 3.63) is 0 Å². The Bertz CT molecular complexity index is 267. The summed E-state index contributed by atoms with van der Waals surface area (Å²) in [6, 6.07) is 0. The lowest BCUT2D eigenvalue weighted by Gasteiger charge is -2.28. The maximum Gasteiger partial charge on any atom is 0.310 e. The topological polar surface area (TPSA) is 78.8 Å². The summed E-state index contributed by atoms with van der Waals surface area (Å²) in [5, 5.41) is 22.1. The predicted molar refractivity (Wildman–Crippen MR) is 59.3 cm³/mol. The zero-order valence-electron chi connectivity index (χ0n) is 10.1. The Morgan fingerprint density at radius 1 is 1.62 bits per heavy atom. The highest BCUT2D eigenvalue weighted by Gasteiger charge is 2.39. The third-order valence-electron chi connectivity index (χ3n) is 3.24. The number of rotatable bonds is 5. The number of carboxylic acids is 1. The maximum absolute atomic E-state index is 10.9. The first kappa shape index (κ1) is 13.4. The van der Waals surface area contributed by atoms with E-state index in [-0.39, 0.29) is 6.10 Å². The molecular weight excluding hydrogens is 210 g/mol. The van der Waals surface area contributed by atoms with E-state index < -0.39 is 17.0 Å². The van der Waals surface area contributed by atoms with E-state index in [1.54, 1.807) is 13.8 Å². The van der Waals surface area contributed by atoms with Gasteiger partial charge in [0.1, 0.15) is 5.60 Å². The van der Waals surface area contributed by atoms with Gasteiger partial charge in [0, 0.05) is 26.1 Å². The Hall–Kier alpha value is -0.650. The van der Waals surface area contributed by atoms with Crippen LogP contribution in [0.15, 0.2) is 0 Å². The Morgan fingerprint density at radius 3 is 2.69 bits per heavy atom. The third-order valence-corrected chi connectivity index (χ3v) is 3.24. The minimum atomic E-state index is -0.866. The van der Waals surface area contributed by atoms with Crippen LogP contribution in [0.25, 0.3) is 0 Å². The van der Waals surface area contributed by atoms with Crippen molar-refractivity contribution in [2.24, 2.45) is 5.41 Å². The van der Waals surface area contributed by atoms with Crippen molar-refractivity contribution >= 4 is 5.97 Å². The SMILES string of the molecule is CC1OCCC1(O)CNCC(C)(C)C(=O)O. The van der Waals surface area contributed by atoms with Crippen molar-refractivity contribution in [1.82, 2.24) is 5.32 Å². The minimum Gasteiger partial charge on any atom is -0.481 e. The molecule has 1 aliphatic heterocycles. The van der Waals surface area contributed by atoms with Crippen LogP contribution in [0.1, 0.15) is 27.2 Å².